The van der Waals surface area contributed by atoms with Gasteiger partial charge in [-0.2, -0.15) is 0 Å². The van der Waals surface area contributed by atoms with E-state index in [0.29, 0.717) is 24.5 Å². The molecular weight excluding hydrogens is 230 g/mol. The highest BCUT2D eigenvalue weighted by molar-refractivity contribution is 5.78. The molecule has 1 aromatic carbocycles. The second-order valence-corrected chi connectivity index (χ2v) is 4.19. The highest BCUT2D eigenvalue weighted by Gasteiger charge is 2.13. The van der Waals surface area contributed by atoms with Crippen LogP contribution in [0.25, 0.3) is 0 Å². The molecule has 0 aromatic heterocycles. The molecule has 0 saturated heterocycles. The average Bonchev–Trinajstić information content (AvgIpc) is 2.38. The smallest absolute Gasteiger partial charge is 0.223 e. The number of rotatable bonds is 6. The van der Waals surface area contributed by atoms with Crippen LogP contribution in [0.3, 0.4) is 0 Å². The van der Waals surface area contributed by atoms with Gasteiger partial charge in [0.05, 0.1) is 14.2 Å². The molecule has 1 N–H and O–H groups in total. The van der Waals surface area contributed by atoms with E-state index in [-0.39, 0.29) is 11.8 Å². The van der Waals surface area contributed by atoms with Crippen molar-refractivity contribution in [2.75, 3.05) is 20.8 Å². The van der Waals surface area contributed by atoms with Gasteiger partial charge in [-0.1, -0.05) is 13.0 Å². The van der Waals surface area contributed by atoms with Gasteiger partial charge < -0.3 is 14.8 Å². The standard InChI is InChI=1S/C14H21NO3/c1-5-15-14(16)10(2)8-11-6-7-12(17-3)13(9-11)18-4/h6-7,9-10H,5,8H2,1-4H3,(H,15,16). The van der Waals surface area contributed by atoms with Crippen LogP contribution < -0.4 is 14.8 Å². The third kappa shape index (κ3) is 3.65. The highest BCUT2D eigenvalue weighted by Crippen LogP contribution is 2.28. The Hall–Kier alpha value is -1.71. The van der Waals surface area contributed by atoms with Crippen molar-refractivity contribution < 1.29 is 14.3 Å². The lowest BCUT2D eigenvalue weighted by Crippen LogP contribution is -2.29. The van der Waals surface area contributed by atoms with Crippen LogP contribution in [0, 0.1) is 5.92 Å². The van der Waals surface area contributed by atoms with E-state index in [4.69, 9.17) is 9.47 Å². The Morgan fingerprint density at radius 2 is 1.94 bits per heavy atom. The lowest BCUT2D eigenvalue weighted by atomic mass is 10.00. The molecule has 0 saturated carbocycles. The van der Waals surface area contributed by atoms with Crippen LogP contribution in [0.5, 0.6) is 11.5 Å². The van der Waals surface area contributed by atoms with E-state index in [1.165, 1.54) is 0 Å². The Morgan fingerprint density at radius 1 is 1.28 bits per heavy atom. The van der Waals surface area contributed by atoms with E-state index in [2.05, 4.69) is 5.32 Å². The number of nitrogens with one attached hydrogen (secondary N) is 1. The first-order valence-electron chi connectivity index (χ1n) is 6.11. The van der Waals surface area contributed by atoms with Crippen LogP contribution in [0.1, 0.15) is 19.4 Å². The predicted octanol–water partition coefficient (Wildman–Crippen LogP) is 2.02. The van der Waals surface area contributed by atoms with Crippen molar-refractivity contribution in [2.24, 2.45) is 5.92 Å². The largest absolute Gasteiger partial charge is 0.493 e. The van der Waals surface area contributed by atoms with Crippen molar-refractivity contribution in [1.82, 2.24) is 5.32 Å². The van der Waals surface area contributed by atoms with E-state index >= 15 is 0 Å². The second-order valence-electron chi connectivity index (χ2n) is 4.19. The summed E-state index contributed by atoms with van der Waals surface area (Å²) in [4.78, 5) is 11.7. The Morgan fingerprint density at radius 3 is 2.50 bits per heavy atom. The lowest BCUT2D eigenvalue weighted by Gasteiger charge is -2.13. The molecule has 1 aromatic rings. The first-order valence-corrected chi connectivity index (χ1v) is 6.11. The minimum Gasteiger partial charge on any atom is -0.493 e. The molecule has 0 radical (unpaired) electrons. The monoisotopic (exact) mass is 251 g/mol. The van der Waals surface area contributed by atoms with Gasteiger partial charge in [-0.05, 0) is 31.0 Å². The van der Waals surface area contributed by atoms with Crippen molar-refractivity contribution in [3.05, 3.63) is 23.8 Å². The number of amides is 1. The Kier molecular flexibility index (Phi) is 5.49. The summed E-state index contributed by atoms with van der Waals surface area (Å²) >= 11 is 0. The van der Waals surface area contributed by atoms with E-state index < -0.39 is 0 Å². The zero-order chi connectivity index (χ0) is 13.5. The summed E-state index contributed by atoms with van der Waals surface area (Å²) in [5.74, 6) is 1.42. The number of ether oxygens (including phenoxy) is 2. The summed E-state index contributed by atoms with van der Waals surface area (Å²) in [5, 5.41) is 2.82. The SMILES string of the molecule is CCNC(=O)C(C)Cc1ccc(OC)c(OC)c1. The molecule has 4 nitrogen and oxygen atoms in total. The van der Waals surface area contributed by atoms with Crippen LogP contribution >= 0.6 is 0 Å². The number of carbonyl (C=O) groups is 1. The molecule has 0 heterocycles. The molecule has 4 heteroatoms. The molecule has 18 heavy (non-hydrogen) atoms. The van der Waals surface area contributed by atoms with Crippen LogP contribution in [-0.2, 0) is 11.2 Å². The van der Waals surface area contributed by atoms with Crippen LogP contribution in [0.15, 0.2) is 18.2 Å². The van der Waals surface area contributed by atoms with Crippen LogP contribution in [0.4, 0.5) is 0 Å². The minimum atomic E-state index is -0.0527. The van der Waals surface area contributed by atoms with Crippen molar-refractivity contribution in [3.63, 3.8) is 0 Å². The van der Waals surface area contributed by atoms with Gasteiger partial charge in [0.15, 0.2) is 11.5 Å². The van der Waals surface area contributed by atoms with Crippen molar-refractivity contribution in [1.29, 1.82) is 0 Å². The summed E-state index contributed by atoms with van der Waals surface area (Å²) in [7, 11) is 3.21. The normalized spacial score (nSPS) is 11.8. The van der Waals surface area contributed by atoms with E-state index in [1.54, 1.807) is 14.2 Å². The molecule has 100 valence electrons. The van der Waals surface area contributed by atoms with Gasteiger partial charge in [-0.15, -0.1) is 0 Å². The molecule has 0 aliphatic rings. The number of methoxy groups -OCH3 is 2. The van der Waals surface area contributed by atoms with Crippen molar-refractivity contribution >= 4 is 5.91 Å². The Labute approximate surface area is 108 Å². The molecule has 1 amide bonds. The maximum atomic E-state index is 11.7. The van der Waals surface area contributed by atoms with Gasteiger partial charge in [0, 0.05) is 12.5 Å². The quantitative estimate of drug-likeness (QED) is 0.841. The third-order valence-corrected chi connectivity index (χ3v) is 2.79. The summed E-state index contributed by atoms with van der Waals surface area (Å²) < 4.78 is 10.4. The molecule has 0 spiro atoms. The molecule has 1 unspecified atom stereocenters. The Balaban J connectivity index is 2.76. The number of carbonyl (C=O) groups excluding carboxylic acids is 1. The fourth-order valence-corrected chi connectivity index (χ4v) is 1.80. The van der Waals surface area contributed by atoms with Gasteiger partial charge in [0.1, 0.15) is 0 Å². The second kappa shape index (κ2) is 6.89. The Bertz CT molecular complexity index is 404. The molecular formula is C14H21NO3. The van der Waals surface area contributed by atoms with Crippen molar-refractivity contribution in [3.8, 4) is 11.5 Å². The van der Waals surface area contributed by atoms with E-state index in [0.717, 1.165) is 5.56 Å². The summed E-state index contributed by atoms with van der Waals surface area (Å²) in [6.07, 6.45) is 0.687. The number of hydrogen-bond acceptors (Lipinski definition) is 3. The van der Waals surface area contributed by atoms with Crippen LogP contribution in [-0.4, -0.2) is 26.7 Å². The van der Waals surface area contributed by atoms with Crippen LogP contribution in [0.2, 0.25) is 0 Å². The minimum absolute atomic E-state index is 0.0527. The first-order chi connectivity index (χ1) is 8.62. The fraction of sp³-hybridized carbons (Fsp3) is 0.500. The van der Waals surface area contributed by atoms with Gasteiger partial charge in [-0.25, -0.2) is 0 Å². The summed E-state index contributed by atoms with van der Waals surface area (Å²) in [6, 6.07) is 5.73. The summed E-state index contributed by atoms with van der Waals surface area (Å²) in [6.45, 7) is 4.50. The molecule has 0 bridgehead atoms. The number of hydrogen-bond donors (Lipinski definition) is 1. The fourth-order valence-electron chi connectivity index (χ4n) is 1.80. The molecule has 1 rings (SSSR count). The van der Waals surface area contributed by atoms with Gasteiger partial charge >= 0.3 is 0 Å². The molecule has 0 aliphatic carbocycles. The lowest BCUT2D eigenvalue weighted by molar-refractivity contribution is -0.124. The topological polar surface area (TPSA) is 47.6 Å². The molecule has 1 atom stereocenters. The maximum absolute atomic E-state index is 11.7. The zero-order valence-corrected chi connectivity index (χ0v) is 11.4. The van der Waals surface area contributed by atoms with Crippen molar-refractivity contribution in [2.45, 2.75) is 20.3 Å². The van der Waals surface area contributed by atoms with Gasteiger partial charge in [-0.3, -0.25) is 4.79 Å². The summed E-state index contributed by atoms with van der Waals surface area (Å²) in [5.41, 5.74) is 1.06. The predicted molar refractivity (Wildman–Crippen MR) is 71.1 cm³/mol. The zero-order valence-electron chi connectivity index (χ0n) is 11.4. The molecule has 0 aliphatic heterocycles. The van der Waals surface area contributed by atoms with Gasteiger partial charge in [0.25, 0.3) is 0 Å². The maximum Gasteiger partial charge on any atom is 0.223 e. The van der Waals surface area contributed by atoms with E-state index in [9.17, 15) is 4.79 Å². The average molecular weight is 251 g/mol. The van der Waals surface area contributed by atoms with Gasteiger partial charge in [0.2, 0.25) is 5.91 Å². The molecule has 0 fully saturated rings. The third-order valence-electron chi connectivity index (χ3n) is 2.79. The first kappa shape index (κ1) is 14.4. The van der Waals surface area contributed by atoms with E-state index in [1.807, 2.05) is 32.0 Å². The highest BCUT2D eigenvalue weighted by atomic mass is 16.5. The number of benzene rings is 1.